The van der Waals surface area contributed by atoms with E-state index < -0.39 is 16.2 Å². The van der Waals surface area contributed by atoms with Gasteiger partial charge in [-0.15, -0.1) is 12.6 Å². The molecule has 0 aliphatic heterocycles. The van der Waals surface area contributed by atoms with E-state index in [1.165, 1.54) is 26.6 Å². The van der Waals surface area contributed by atoms with Crippen molar-refractivity contribution in [3.63, 3.8) is 0 Å². The van der Waals surface area contributed by atoms with Gasteiger partial charge in [-0.3, -0.25) is 24.0 Å². The molecule has 0 heterocycles. The van der Waals surface area contributed by atoms with E-state index in [1.54, 1.807) is 34.6 Å². The summed E-state index contributed by atoms with van der Waals surface area (Å²) in [7, 11) is 0. The van der Waals surface area contributed by atoms with Crippen molar-refractivity contribution in [2.24, 2.45) is 27.6 Å². The molecule has 0 spiro atoms. The third-order valence-electron chi connectivity index (χ3n) is 6.24. The Morgan fingerprint density at radius 2 is 1.00 bits per heavy atom. The molecule has 0 aliphatic rings. The lowest BCUT2D eigenvalue weighted by Gasteiger charge is -2.21. The van der Waals surface area contributed by atoms with Gasteiger partial charge in [-0.2, -0.15) is 0 Å². The van der Waals surface area contributed by atoms with Crippen LogP contribution in [-0.2, 0) is 24.0 Å². The molecule has 0 atom stereocenters. The van der Waals surface area contributed by atoms with E-state index >= 15 is 0 Å². The molecule has 0 aromatic rings. The second-order valence-electron chi connectivity index (χ2n) is 13.8. The number of carbonyl (C=O) groups is 5. The summed E-state index contributed by atoms with van der Waals surface area (Å²) in [5.74, 6) is 0.552. The van der Waals surface area contributed by atoms with Crippen molar-refractivity contribution < 1.29 is 34.2 Å². The van der Waals surface area contributed by atoms with Crippen molar-refractivity contribution in [2.45, 2.75) is 118 Å². The minimum absolute atomic E-state index is 0.00425. The molecule has 0 saturated heterocycles. The van der Waals surface area contributed by atoms with Gasteiger partial charge in [0.15, 0.2) is 16.0 Å². The first kappa shape index (κ1) is 51.5. The highest BCUT2D eigenvalue weighted by molar-refractivity contribution is 8.14. The Labute approximate surface area is 274 Å². The minimum atomic E-state index is -0.745. The zero-order chi connectivity index (χ0) is 36.0. The van der Waals surface area contributed by atoms with Crippen LogP contribution in [0.5, 0.6) is 0 Å². The van der Waals surface area contributed by atoms with Gasteiger partial charge >= 0.3 is 0 Å². The second kappa shape index (κ2) is 25.2. The number of aliphatic hydroxyl groups is 2. The van der Waals surface area contributed by atoms with Crippen LogP contribution in [0.1, 0.15) is 118 Å². The van der Waals surface area contributed by atoms with Gasteiger partial charge in [-0.25, -0.2) is 0 Å². The number of hydrogen-bond acceptors (Lipinski definition) is 9. The van der Waals surface area contributed by atoms with Crippen molar-refractivity contribution in [1.29, 1.82) is 0 Å². The molecule has 0 aromatic carbocycles. The number of ketones is 3. The number of nitrogens with zero attached hydrogens (tertiary/aromatic N) is 1. The lowest BCUT2D eigenvalue weighted by atomic mass is 9.90. The average Bonchev–Trinajstić information content (AvgIpc) is 2.88. The third kappa shape index (κ3) is 32.1. The molecule has 0 radical (unpaired) electrons. The summed E-state index contributed by atoms with van der Waals surface area (Å²) in [6, 6.07) is 0. The maximum absolute atomic E-state index is 11.6. The summed E-state index contributed by atoms with van der Waals surface area (Å²) in [5.41, 5.74) is -1.98. The molecular formula is C33H67NO7S2. The smallest absolute Gasteiger partial charge is 0.194 e. The van der Waals surface area contributed by atoms with Gasteiger partial charge in [0.1, 0.15) is 11.6 Å². The molecule has 0 bridgehead atoms. The van der Waals surface area contributed by atoms with Crippen molar-refractivity contribution >= 4 is 52.0 Å². The number of aliphatic hydroxyl groups excluding tert-OH is 2. The largest absolute Gasteiger partial charge is 0.395 e. The molecule has 0 fully saturated rings. The van der Waals surface area contributed by atoms with Crippen LogP contribution in [-0.4, -0.2) is 81.3 Å². The van der Waals surface area contributed by atoms with E-state index in [2.05, 4.69) is 38.3 Å². The van der Waals surface area contributed by atoms with Crippen LogP contribution in [0.2, 0.25) is 0 Å². The molecule has 2 N–H and O–H groups in total. The monoisotopic (exact) mass is 653 g/mol. The molecular weight excluding hydrogens is 586 g/mol. The first-order valence-corrected chi connectivity index (χ1v) is 16.4. The van der Waals surface area contributed by atoms with Crippen LogP contribution in [0, 0.1) is 27.6 Å². The van der Waals surface area contributed by atoms with Crippen LogP contribution in [0.4, 0.5) is 0 Å². The molecule has 43 heavy (non-hydrogen) atoms. The summed E-state index contributed by atoms with van der Waals surface area (Å²) in [4.78, 5) is 56.5. The summed E-state index contributed by atoms with van der Waals surface area (Å²) >= 11 is 4.67. The zero-order valence-electron chi connectivity index (χ0n) is 30.6. The Kier molecular flexibility index (Phi) is 30.1. The predicted molar refractivity (Wildman–Crippen MR) is 187 cm³/mol. The standard InChI is InChI=1S/C11H20O3S.C6H15N.C6H12O2.C5H10OS.C5H10O/c1-10(2,3)9(14)15-6-8(13)11(4,5)7-12;1-4-7(5-2)6-3;1-5(8)6(2,3)4-7;1-5(2,3)4(6)7;1-4(2)5(3)6/h12H,6-7H2,1-5H3;4-6H2,1-3H3;7H,4H2,1-3H3;1-3H3,(H,6,7);4H,1-3H3. The van der Waals surface area contributed by atoms with Crippen LogP contribution in [0.3, 0.4) is 0 Å². The number of carbonyl (C=O) groups excluding carboxylic acids is 5. The predicted octanol–water partition coefficient (Wildman–Crippen LogP) is 6.54. The SMILES string of the molecule is CC(=O)C(C)(C)CO.CC(=O)C(C)C.CC(C)(C)C(=O)S.CC(C)(C)C(=O)SCC(=O)C(C)(C)CO.CCN(CC)CC. The van der Waals surface area contributed by atoms with E-state index in [1.807, 2.05) is 55.4 Å². The molecule has 10 heteroatoms. The first-order valence-electron chi connectivity index (χ1n) is 14.9. The highest BCUT2D eigenvalue weighted by Crippen LogP contribution is 2.25. The van der Waals surface area contributed by atoms with Gasteiger partial charge in [-0.05, 0) is 33.5 Å². The van der Waals surface area contributed by atoms with Crippen LogP contribution in [0.15, 0.2) is 0 Å². The van der Waals surface area contributed by atoms with E-state index in [4.69, 9.17) is 10.2 Å². The highest BCUT2D eigenvalue weighted by Gasteiger charge is 2.29. The Bertz CT molecular complexity index is 800. The maximum atomic E-state index is 11.6. The Morgan fingerprint density at radius 3 is 1.12 bits per heavy atom. The van der Waals surface area contributed by atoms with E-state index in [9.17, 15) is 24.0 Å². The van der Waals surface area contributed by atoms with Gasteiger partial charge < -0.3 is 15.1 Å². The van der Waals surface area contributed by atoms with Gasteiger partial charge in [0.2, 0.25) is 0 Å². The molecule has 258 valence electrons. The van der Waals surface area contributed by atoms with Crippen molar-refractivity contribution in [3.05, 3.63) is 0 Å². The molecule has 0 amide bonds. The fourth-order valence-corrected chi connectivity index (χ4v) is 2.50. The van der Waals surface area contributed by atoms with Gasteiger partial charge in [0.25, 0.3) is 0 Å². The fourth-order valence-electron chi connectivity index (χ4n) is 1.41. The third-order valence-corrected chi connectivity index (χ3v) is 8.19. The molecule has 8 nitrogen and oxygen atoms in total. The zero-order valence-corrected chi connectivity index (χ0v) is 32.3. The van der Waals surface area contributed by atoms with E-state index in [0.717, 1.165) is 11.8 Å². The minimum Gasteiger partial charge on any atom is -0.395 e. The second-order valence-corrected chi connectivity index (χ2v) is 15.2. The lowest BCUT2D eigenvalue weighted by Crippen LogP contribution is -2.31. The maximum Gasteiger partial charge on any atom is 0.194 e. The van der Waals surface area contributed by atoms with Crippen LogP contribution < -0.4 is 0 Å². The molecule has 0 unspecified atom stereocenters. The van der Waals surface area contributed by atoms with Crippen molar-refractivity contribution in [3.8, 4) is 0 Å². The van der Waals surface area contributed by atoms with Gasteiger partial charge in [0, 0.05) is 27.6 Å². The summed E-state index contributed by atoms with van der Waals surface area (Å²) in [6.07, 6.45) is 0. The molecule has 0 rings (SSSR count). The van der Waals surface area contributed by atoms with Crippen LogP contribution in [0.25, 0.3) is 0 Å². The molecule has 0 aromatic heterocycles. The Balaban J connectivity index is -0.000000148. The number of Topliss-reactive ketones (excluding diaryl/α,β-unsaturated/α-hetero) is 3. The summed E-state index contributed by atoms with van der Waals surface area (Å²) < 4.78 is 0. The normalized spacial score (nSPS) is 11.4. The van der Waals surface area contributed by atoms with Gasteiger partial charge in [-0.1, -0.05) is 116 Å². The molecule has 0 aliphatic carbocycles. The van der Waals surface area contributed by atoms with Crippen LogP contribution >= 0.6 is 24.4 Å². The topological polar surface area (TPSA) is 129 Å². The number of thioether (sulfide) groups is 1. The lowest BCUT2D eigenvalue weighted by molar-refractivity contribution is -0.127. The summed E-state index contributed by atoms with van der Waals surface area (Å²) in [6.45, 7) is 34.5. The number of hydrogen-bond donors (Lipinski definition) is 3. The van der Waals surface area contributed by atoms with Gasteiger partial charge in [0.05, 0.1) is 19.0 Å². The molecule has 0 saturated carbocycles. The average molecular weight is 654 g/mol. The highest BCUT2D eigenvalue weighted by atomic mass is 32.2. The van der Waals surface area contributed by atoms with Crippen molar-refractivity contribution in [2.75, 3.05) is 38.6 Å². The van der Waals surface area contributed by atoms with E-state index in [-0.39, 0.29) is 57.9 Å². The number of rotatable bonds is 10. The Morgan fingerprint density at radius 1 is 0.698 bits per heavy atom. The van der Waals surface area contributed by atoms with Crippen molar-refractivity contribution in [1.82, 2.24) is 4.90 Å². The number of thiol groups is 1. The summed E-state index contributed by atoms with van der Waals surface area (Å²) in [5, 5.41) is 17.5. The Hall–Kier alpha value is -1.07. The quantitative estimate of drug-likeness (QED) is 0.225. The first-order chi connectivity index (χ1) is 19.0. The van der Waals surface area contributed by atoms with E-state index in [0.29, 0.717) is 0 Å². The fraction of sp³-hybridized carbons (Fsp3) is 0.848.